The van der Waals surface area contributed by atoms with E-state index >= 15 is 0 Å². The Hall–Kier alpha value is -2.50. The molecule has 3 N–H and O–H groups in total. The van der Waals surface area contributed by atoms with Crippen LogP contribution in [0.1, 0.15) is 11.4 Å². The van der Waals surface area contributed by atoms with Gasteiger partial charge in [-0.1, -0.05) is 17.3 Å². The molecular formula is C14H19N5O. The highest BCUT2D eigenvalue weighted by Gasteiger charge is 2.10. The highest BCUT2D eigenvalue weighted by atomic mass is 16.4. The van der Waals surface area contributed by atoms with Crippen molar-refractivity contribution in [1.82, 2.24) is 9.55 Å². The van der Waals surface area contributed by atoms with Gasteiger partial charge in [-0.25, -0.2) is 4.98 Å². The molecule has 0 bridgehead atoms. The number of aryl methyl sites for hydroxylation is 1. The third-order valence-electron chi connectivity index (χ3n) is 3.30. The maximum Gasteiger partial charge on any atom is 0.172 e. The SMILES string of the molecule is Cc1nccn1CCN(C)c1ccccc1/C(N)=N/O. The van der Waals surface area contributed by atoms with Crippen molar-refractivity contribution in [3.63, 3.8) is 0 Å². The molecule has 0 fully saturated rings. The summed E-state index contributed by atoms with van der Waals surface area (Å²) >= 11 is 0. The molecule has 0 amide bonds. The topological polar surface area (TPSA) is 79.7 Å². The van der Waals surface area contributed by atoms with E-state index in [1.807, 2.05) is 44.4 Å². The lowest BCUT2D eigenvalue weighted by Crippen LogP contribution is -2.26. The molecule has 0 unspecified atom stereocenters. The summed E-state index contributed by atoms with van der Waals surface area (Å²) < 4.78 is 2.09. The molecule has 2 rings (SSSR count). The van der Waals surface area contributed by atoms with Gasteiger partial charge in [-0.05, 0) is 19.1 Å². The zero-order valence-corrected chi connectivity index (χ0v) is 11.7. The molecule has 1 heterocycles. The second kappa shape index (κ2) is 6.10. The smallest absolute Gasteiger partial charge is 0.172 e. The van der Waals surface area contributed by atoms with Gasteiger partial charge in [0.1, 0.15) is 5.82 Å². The lowest BCUT2D eigenvalue weighted by molar-refractivity contribution is 0.318. The Morgan fingerprint density at radius 1 is 1.45 bits per heavy atom. The molecule has 6 nitrogen and oxygen atoms in total. The summed E-state index contributed by atoms with van der Waals surface area (Å²) in [5.74, 6) is 1.11. The van der Waals surface area contributed by atoms with Crippen molar-refractivity contribution >= 4 is 11.5 Å². The second-order valence-corrected chi connectivity index (χ2v) is 4.59. The maximum atomic E-state index is 8.84. The van der Waals surface area contributed by atoms with Gasteiger partial charge in [0.25, 0.3) is 0 Å². The van der Waals surface area contributed by atoms with Crippen LogP contribution in [-0.4, -0.2) is 34.2 Å². The van der Waals surface area contributed by atoms with Gasteiger partial charge in [-0.2, -0.15) is 0 Å². The number of rotatable bonds is 5. The van der Waals surface area contributed by atoms with Gasteiger partial charge in [0.2, 0.25) is 0 Å². The molecule has 0 aliphatic carbocycles. The molecule has 1 aromatic carbocycles. The van der Waals surface area contributed by atoms with E-state index in [1.165, 1.54) is 0 Å². The highest BCUT2D eigenvalue weighted by Crippen LogP contribution is 2.18. The minimum atomic E-state index is 0.117. The zero-order chi connectivity index (χ0) is 14.5. The van der Waals surface area contributed by atoms with E-state index in [-0.39, 0.29) is 5.84 Å². The molecule has 0 saturated carbocycles. The Kier molecular flexibility index (Phi) is 4.24. The summed E-state index contributed by atoms with van der Waals surface area (Å²) in [7, 11) is 1.98. The van der Waals surface area contributed by atoms with E-state index < -0.39 is 0 Å². The highest BCUT2D eigenvalue weighted by molar-refractivity contribution is 6.02. The monoisotopic (exact) mass is 273 g/mol. The van der Waals surface area contributed by atoms with Crippen LogP contribution in [-0.2, 0) is 6.54 Å². The van der Waals surface area contributed by atoms with Gasteiger partial charge in [-0.3, -0.25) is 0 Å². The number of hydrogen-bond donors (Lipinski definition) is 2. The van der Waals surface area contributed by atoms with Gasteiger partial charge in [0.15, 0.2) is 5.84 Å². The van der Waals surface area contributed by atoms with Gasteiger partial charge in [0.05, 0.1) is 0 Å². The van der Waals surface area contributed by atoms with Crippen molar-refractivity contribution < 1.29 is 5.21 Å². The van der Waals surface area contributed by atoms with E-state index in [0.717, 1.165) is 30.2 Å². The second-order valence-electron chi connectivity index (χ2n) is 4.59. The minimum Gasteiger partial charge on any atom is -0.409 e. The number of amidine groups is 1. The van der Waals surface area contributed by atoms with Crippen molar-refractivity contribution in [2.75, 3.05) is 18.5 Å². The molecule has 106 valence electrons. The Bertz CT molecular complexity index is 605. The number of hydrogen-bond acceptors (Lipinski definition) is 4. The van der Waals surface area contributed by atoms with Crippen LogP contribution < -0.4 is 10.6 Å². The van der Waals surface area contributed by atoms with Crippen molar-refractivity contribution in [3.8, 4) is 0 Å². The zero-order valence-electron chi connectivity index (χ0n) is 11.7. The van der Waals surface area contributed by atoms with E-state index in [2.05, 4.69) is 19.6 Å². The summed E-state index contributed by atoms with van der Waals surface area (Å²) in [6, 6.07) is 7.59. The fourth-order valence-electron chi connectivity index (χ4n) is 2.10. The summed E-state index contributed by atoms with van der Waals surface area (Å²) in [5.41, 5.74) is 7.36. The standard InChI is InChI=1S/C14H19N5O/c1-11-16-7-8-19(11)10-9-18(2)13-6-4-3-5-12(13)14(15)17-20/h3-8,20H,9-10H2,1-2H3,(H2,15,17). The quantitative estimate of drug-likeness (QED) is 0.374. The predicted octanol–water partition coefficient (Wildman–Crippen LogP) is 1.42. The molecule has 0 atom stereocenters. The van der Waals surface area contributed by atoms with Crippen molar-refractivity contribution in [2.24, 2.45) is 10.9 Å². The first-order valence-electron chi connectivity index (χ1n) is 6.39. The van der Waals surface area contributed by atoms with Crippen LogP contribution in [0, 0.1) is 6.92 Å². The number of anilines is 1. The third-order valence-corrected chi connectivity index (χ3v) is 3.30. The molecule has 1 aromatic heterocycles. The van der Waals surface area contributed by atoms with Crippen LogP contribution >= 0.6 is 0 Å². The van der Waals surface area contributed by atoms with Gasteiger partial charge >= 0.3 is 0 Å². The summed E-state index contributed by atoms with van der Waals surface area (Å²) in [4.78, 5) is 6.27. The molecule has 0 aliphatic heterocycles. The number of likely N-dealkylation sites (N-methyl/N-ethyl adjacent to an activating group) is 1. The Labute approximate surface area is 118 Å². The minimum absolute atomic E-state index is 0.117. The fraction of sp³-hybridized carbons (Fsp3) is 0.286. The Morgan fingerprint density at radius 2 is 2.20 bits per heavy atom. The summed E-state index contributed by atoms with van der Waals surface area (Å²) in [6.07, 6.45) is 3.75. The molecule has 0 saturated heterocycles. The average molecular weight is 273 g/mol. The number of nitrogens with zero attached hydrogens (tertiary/aromatic N) is 4. The molecule has 20 heavy (non-hydrogen) atoms. The van der Waals surface area contributed by atoms with Crippen LogP contribution in [0.3, 0.4) is 0 Å². The fourth-order valence-corrected chi connectivity index (χ4v) is 2.10. The third kappa shape index (κ3) is 2.90. The summed E-state index contributed by atoms with van der Waals surface area (Å²) in [5, 5.41) is 11.9. The number of para-hydroxylation sites is 1. The van der Waals surface area contributed by atoms with Gasteiger partial charge < -0.3 is 20.4 Å². The normalized spacial score (nSPS) is 11.6. The van der Waals surface area contributed by atoms with Crippen LogP contribution in [0.5, 0.6) is 0 Å². The van der Waals surface area contributed by atoms with E-state index in [0.29, 0.717) is 0 Å². The number of benzene rings is 1. The van der Waals surface area contributed by atoms with Gasteiger partial charge in [0, 0.05) is 43.8 Å². The first kappa shape index (κ1) is 13.9. The predicted molar refractivity (Wildman–Crippen MR) is 79.2 cm³/mol. The molecule has 0 spiro atoms. The molecule has 2 aromatic rings. The number of nitrogens with two attached hydrogens (primary N) is 1. The first-order chi connectivity index (χ1) is 9.63. The van der Waals surface area contributed by atoms with Crippen molar-refractivity contribution in [2.45, 2.75) is 13.5 Å². The van der Waals surface area contributed by atoms with Crippen LogP contribution in [0.2, 0.25) is 0 Å². The Balaban J connectivity index is 2.13. The largest absolute Gasteiger partial charge is 0.409 e. The van der Waals surface area contributed by atoms with Crippen molar-refractivity contribution in [3.05, 3.63) is 48.0 Å². The molecular weight excluding hydrogens is 254 g/mol. The molecule has 0 aliphatic rings. The van der Waals surface area contributed by atoms with Crippen LogP contribution in [0.4, 0.5) is 5.69 Å². The summed E-state index contributed by atoms with van der Waals surface area (Å²) in [6.45, 7) is 3.60. The maximum absolute atomic E-state index is 8.84. The lowest BCUT2D eigenvalue weighted by Gasteiger charge is -2.22. The van der Waals surface area contributed by atoms with E-state index in [1.54, 1.807) is 6.20 Å². The first-order valence-corrected chi connectivity index (χ1v) is 6.39. The molecule has 6 heteroatoms. The van der Waals surface area contributed by atoms with Gasteiger partial charge in [-0.15, -0.1) is 0 Å². The van der Waals surface area contributed by atoms with Crippen LogP contribution in [0.25, 0.3) is 0 Å². The number of aromatic nitrogens is 2. The van der Waals surface area contributed by atoms with E-state index in [9.17, 15) is 0 Å². The van der Waals surface area contributed by atoms with Crippen LogP contribution in [0.15, 0.2) is 41.8 Å². The van der Waals surface area contributed by atoms with Crippen molar-refractivity contribution in [1.29, 1.82) is 0 Å². The number of oxime groups is 1. The number of imidazole rings is 1. The average Bonchev–Trinajstić information content (AvgIpc) is 2.89. The van der Waals surface area contributed by atoms with E-state index in [4.69, 9.17) is 10.9 Å². The molecule has 0 radical (unpaired) electrons. The lowest BCUT2D eigenvalue weighted by atomic mass is 10.1. The Morgan fingerprint density at radius 3 is 2.85 bits per heavy atom.